The number of rotatable bonds is 2. The Kier molecular flexibility index (Phi) is 4.72. The van der Waals surface area contributed by atoms with Gasteiger partial charge in [-0.05, 0) is 46.5 Å². The molecule has 1 amide bonds. The van der Waals surface area contributed by atoms with Gasteiger partial charge in [-0.15, -0.1) is 0 Å². The topological polar surface area (TPSA) is 40.5 Å². The molecule has 0 bridgehead atoms. The fraction of sp³-hybridized carbons (Fsp3) is 0.944. The van der Waals surface area contributed by atoms with Gasteiger partial charge in [-0.1, -0.05) is 32.1 Å². The average molecular weight is 295 g/mol. The van der Waals surface area contributed by atoms with Gasteiger partial charge >= 0.3 is 0 Å². The van der Waals surface area contributed by atoms with Gasteiger partial charge in [0.05, 0.1) is 6.10 Å². The Bertz CT molecular complexity index is 383. The Labute approximate surface area is 130 Å². The third kappa shape index (κ3) is 3.28. The molecular weight excluding hydrogens is 262 g/mol. The quantitative estimate of drug-likeness (QED) is 0.843. The molecule has 0 aromatic rings. The summed E-state index contributed by atoms with van der Waals surface area (Å²) in [7, 11) is 0. The Balaban J connectivity index is 2.21. The molecule has 2 unspecified atom stereocenters. The summed E-state index contributed by atoms with van der Waals surface area (Å²) in [6.07, 6.45) is 8.06. The van der Waals surface area contributed by atoms with Crippen molar-refractivity contribution in [3.05, 3.63) is 0 Å². The summed E-state index contributed by atoms with van der Waals surface area (Å²) in [6, 6.07) is 0. The molecule has 21 heavy (non-hydrogen) atoms. The van der Waals surface area contributed by atoms with E-state index in [0.717, 1.165) is 12.3 Å². The van der Waals surface area contributed by atoms with Gasteiger partial charge in [-0.25, -0.2) is 0 Å². The molecule has 2 fully saturated rings. The summed E-state index contributed by atoms with van der Waals surface area (Å²) < 4.78 is 0. The van der Waals surface area contributed by atoms with E-state index in [1.807, 2.05) is 4.90 Å². The van der Waals surface area contributed by atoms with Crippen molar-refractivity contribution in [2.24, 2.45) is 11.8 Å². The number of piperidine rings is 1. The Morgan fingerprint density at radius 2 is 1.71 bits per heavy atom. The number of hydrogen-bond donors (Lipinski definition) is 1. The van der Waals surface area contributed by atoms with Gasteiger partial charge < -0.3 is 10.0 Å². The third-order valence-electron chi connectivity index (χ3n) is 5.89. The molecular formula is C18H33NO2. The highest BCUT2D eigenvalue weighted by Crippen LogP contribution is 2.46. The Hall–Kier alpha value is -0.570. The zero-order chi connectivity index (χ0) is 15.8. The van der Waals surface area contributed by atoms with Crippen LogP contribution in [-0.2, 0) is 4.79 Å². The maximum absolute atomic E-state index is 12.2. The number of amides is 1. The summed E-state index contributed by atoms with van der Waals surface area (Å²) in [4.78, 5) is 14.2. The lowest BCUT2D eigenvalue weighted by atomic mass is 9.66. The van der Waals surface area contributed by atoms with E-state index in [1.165, 1.54) is 32.1 Å². The molecule has 2 atom stereocenters. The van der Waals surface area contributed by atoms with E-state index in [4.69, 9.17) is 0 Å². The van der Waals surface area contributed by atoms with Crippen molar-refractivity contribution in [1.82, 2.24) is 4.90 Å². The fourth-order valence-electron chi connectivity index (χ4n) is 5.22. The van der Waals surface area contributed by atoms with Crippen LogP contribution in [0.3, 0.4) is 0 Å². The molecule has 1 aliphatic carbocycles. The van der Waals surface area contributed by atoms with E-state index >= 15 is 0 Å². The van der Waals surface area contributed by atoms with Crippen LogP contribution >= 0.6 is 0 Å². The second-order valence-electron chi connectivity index (χ2n) is 8.44. The molecule has 1 heterocycles. The van der Waals surface area contributed by atoms with Crippen molar-refractivity contribution in [3.8, 4) is 0 Å². The predicted octanol–water partition coefficient (Wildman–Crippen LogP) is 3.74. The lowest BCUT2D eigenvalue weighted by Crippen LogP contribution is -2.68. The largest absolute Gasteiger partial charge is 0.393 e. The monoisotopic (exact) mass is 295 g/mol. The summed E-state index contributed by atoms with van der Waals surface area (Å²) in [5, 5.41) is 10.7. The van der Waals surface area contributed by atoms with Crippen LogP contribution in [0.25, 0.3) is 0 Å². The van der Waals surface area contributed by atoms with Gasteiger partial charge in [0.25, 0.3) is 0 Å². The van der Waals surface area contributed by atoms with Crippen molar-refractivity contribution < 1.29 is 9.90 Å². The molecule has 1 aliphatic heterocycles. The lowest BCUT2D eigenvalue weighted by molar-refractivity contribution is -0.165. The molecule has 122 valence electrons. The van der Waals surface area contributed by atoms with Crippen molar-refractivity contribution in [1.29, 1.82) is 0 Å². The van der Waals surface area contributed by atoms with Crippen LogP contribution in [0.15, 0.2) is 0 Å². The highest BCUT2D eigenvalue weighted by molar-refractivity contribution is 5.75. The zero-order valence-electron chi connectivity index (χ0n) is 14.5. The maximum atomic E-state index is 12.2. The van der Waals surface area contributed by atoms with E-state index < -0.39 is 0 Å². The second-order valence-corrected chi connectivity index (χ2v) is 8.44. The first-order valence-corrected chi connectivity index (χ1v) is 8.65. The van der Waals surface area contributed by atoms with Crippen LogP contribution < -0.4 is 0 Å². The normalized spacial score (nSPS) is 33.0. The van der Waals surface area contributed by atoms with Crippen molar-refractivity contribution in [3.63, 3.8) is 0 Å². The number of carbonyl (C=O) groups is 1. The first kappa shape index (κ1) is 16.8. The lowest BCUT2D eigenvalue weighted by Gasteiger charge is -2.58. The second kappa shape index (κ2) is 5.91. The molecule has 1 saturated heterocycles. The Morgan fingerprint density at radius 1 is 1.14 bits per heavy atom. The maximum Gasteiger partial charge on any atom is 0.220 e. The van der Waals surface area contributed by atoms with Gasteiger partial charge in [0.2, 0.25) is 5.91 Å². The predicted molar refractivity (Wildman–Crippen MR) is 86.0 cm³/mol. The number of hydrogen-bond acceptors (Lipinski definition) is 2. The minimum absolute atomic E-state index is 0.130. The van der Waals surface area contributed by atoms with Gasteiger partial charge in [0.15, 0.2) is 0 Å². The summed E-state index contributed by atoms with van der Waals surface area (Å²) in [5.74, 6) is 1.05. The minimum Gasteiger partial charge on any atom is -0.393 e. The van der Waals surface area contributed by atoms with Crippen LogP contribution in [0, 0.1) is 11.8 Å². The molecule has 0 radical (unpaired) electrons. The molecule has 3 nitrogen and oxygen atoms in total. The number of nitrogens with zero attached hydrogens (tertiary/aromatic N) is 1. The molecule has 2 rings (SSSR count). The zero-order valence-corrected chi connectivity index (χ0v) is 14.5. The van der Waals surface area contributed by atoms with Crippen LogP contribution in [-0.4, -0.2) is 33.1 Å². The van der Waals surface area contributed by atoms with E-state index in [9.17, 15) is 9.90 Å². The van der Waals surface area contributed by atoms with Crippen molar-refractivity contribution in [2.75, 3.05) is 0 Å². The SMILES string of the molecule is CC(=O)N1C(C)(C)CC(O)C(CC2CCCCC2)C1(C)C. The van der Waals surface area contributed by atoms with E-state index in [1.54, 1.807) is 6.92 Å². The third-order valence-corrected chi connectivity index (χ3v) is 5.89. The molecule has 2 aliphatic rings. The van der Waals surface area contributed by atoms with Gasteiger partial charge in [-0.2, -0.15) is 0 Å². The van der Waals surface area contributed by atoms with Crippen LogP contribution in [0.1, 0.15) is 79.6 Å². The standard InChI is InChI=1S/C18H33NO2/c1-13(20)19-17(2,3)12-16(21)15(18(19,4)5)11-14-9-7-6-8-10-14/h14-16,21H,6-12H2,1-5H3. The first-order chi connectivity index (χ1) is 9.66. The van der Waals surface area contributed by atoms with E-state index in [-0.39, 0.29) is 29.0 Å². The average Bonchev–Trinajstić information content (AvgIpc) is 2.33. The highest BCUT2D eigenvalue weighted by Gasteiger charge is 2.52. The molecule has 0 aromatic heterocycles. The summed E-state index contributed by atoms with van der Waals surface area (Å²) in [5.41, 5.74) is -0.539. The first-order valence-electron chi connectivity index (χ1n) is 8.65. The van der Waals surface area contributed by atoms with Crippen LogP contribution in [0.5, 0.6) is 0 Å². The van der Waals surface area contributed by atoms with Gasteiger partial charge in [0, 0.05) is 23.9 Å². The highest BCUT2D eigenvalue weighted by atomic mass is 16.3. The van der Waals surface area contributed by atoms with Crippen molar-refractivity contribution >= 4 is 5.91 Å². The molecule has 0 spiro atoms. The molecule has 0 aromatic carbocycles. The summed E-state index contributed by atoms with van der Waals surface area (Å²) >= 11 is 0. The smallest absolute Gasteiger partial charge is 0.220 e. The minimum atomic E-state index is -0.299. The van der Waals surface area contributed by atoms with Crippen molar-refractivity contribution in [2.45, 2.75) is 96.7 Å². The van der Waals surface area contributed by atoms with Gasteiger partial charge in [-0.3, -0.25) is 4.79 Å². The van der Waals surface area contributed by atoms with Crippen LogP contribution in [0.4, 0.5) is 0 Å². The van der Waals surface area contributed by atoms with E-state index in [0.29, 0.717) is 6.42 Å². The van der Waals surface area contributed by atoms with E-state index in [2.05, 4.69) is 27.7 Å². The number of aliphatic hydroxyl groups excluding tert-OH is 1. The number of likely N-dealkylation sites (tertiary alicyclic amines) is 1. The van der Waals surface area contributed by atoms with Crippen LogP contribution in [0.2, 0.25) is 0 Å². The number of carbonyl (C=O) groups excluding carboxylic acids is 1. The number of aliphatic hydroxyl groups is 1. The molecule has 1 N–H and O–H groups in total. The van der Waals surface area contributed by atoms with Gasteiger partial charge in [0.1, 0.15) is 0 Å². The fourth-order valence-corrected chi connectivity index (χ4v) is 5.22. The Morgan fingerprint density at radius 3 is 2.24 bits per heavy atom. The molecule has 3 heteroatoms. The summed E-state index contributed by atoms with van der Waals surface area (Å²) in [6.45, 7) is 10.1. The molecule has 1 saturated carbocycles.